The largest absolute Gasteiger partial charge is 0.480 e. The fourth-order valence-electron chi connectivity index (χ4n) is 2.35. The Morgan fingerprint density at radius 2 is 2.00 bits per heavy atom. The van der Waals surface area contributed by atoms with Gasteiger partial charge < -0.3 is 10.1 Å². The molecule has 0 saturated carbocycles. The van der Waals surface area contributed by atoms with Crippen LogP contribution in [-0.4, -0.2) is 26.6 Å². The van der Waals surface area contributed by atoms with Gasteiger partial charge in [-0.3, -0.25) is 14.9 Å². The number of aromatic nitrogens is 2. The van der Waals surface area contributed by atoms with Gasteiger partial charge in [0.1, 0.15) is 11.4 Å². The van der Waals surface area contributed by atoms with E-state index >= 15 is 0 Å². The molecule has 2 aromatic rings. The summed E-state index contributed by atoms with van der Waals surface area (Å²) in [7, 11) is 0. The van der Waals surface area contributed by atoms with Crippen LogP contribution < -0.4 is 10.9 Å². The molecule has 0 amide bonds. The monoisotopic (exact) mass is 289 g/mol. The van der Waals surface area contributed by atoms with Gasteiger partial charge in [-0.2, -0.15) is 0 Å². The lowest BCUT2D eigenvalue weighted by atomic mass is 9.93. The van der Waals surface area contributed by atoms with Crippen molar-refractivity contribution in [3.8, 4) is 0 Å². The van der Waals surface area contributed by atoms with Crippen LogP contribution in [0, 0.1) is 0 Å². The summed E-state index contributed by atoms with van der Waals surface area (Å²) in [4.78, 5) is 30.4. The zero-order valence-electron chi connectivity index (χ0n) is 12.1. The van der Waals surface area contributed by atoms with Crippen LogP contribution in [0.2, 0.25) is 0 Å². The molecule has 6 nitrogen and oxygen atoms in total. The van der Waals surface area contributed by atoms with Crippen LogP contribution in [0.5, 0.6) is 0 Å². The molecule has 0 radical (unpaired) electrons. The third-order valence-corrected chi connectivity index (χ3v) is 3.87. The molecule has 0 aliphatic rings. The highest BCUT2D eigenvalue weighted by Crippen LogP contribution is 2.16. The standard InChI is InChI=1S/C15H19N3O3/c1-3-15(4-2,14(20)21)16-9-12-17-11-8-6-5-7-10(11)13(19)18-12/h5-8,16H,3-4,9H2,1-2H3,(H,20,21)(H,17,18,19). The molecule has 0 aliphatic heterocycles. The van der Waals surface area contributed by atoms with Gasteiger partial charge in [-0.25, -0.2) is 4.98 Å². The Hall–Kier alpha value is -2.21. The predicted octanol–water partition coefficient (Wildman–Crippen LogP) is 1.66. The number of aromatic amines is 1. The molecule has 112 valence electrons. The molecule has 0 unspecified atom stereocenters. The lowest BCUT2D eigenvalue weighted by Gasteiger charge is -2.27. The second kappa shape index (κ2) is 6.05. The summed E-state index contributed by atoms with van der Waals surface area (Å²) in [5, 5.41) is 12.9. The van der Waals surface area contributed by atoms with Crippen LogP contribution in [-0.2, 0) is 11.3 Å². The lowest BCUT2D eigenvalue weighted by Crippen LogP contribution is -2.51. The Morgan fingerprint density at radius 3 is 2.62 bits per heavy atom. The number of hydrogen-bond acceptors (Lipinski definition) is 4. The van der Waals surface area contributed by atoms with Gasteiger partial charge in [-0.15, -0.1) is 0 Å². The van der Waals surface area contributed by atoms with E-state index in [4.69, 9.17) is 0 Å². The lowest BCUT2D eigenvalue weighted by molar-refractivity contribution is -0.145. The molecule has 1 aromatic heterocycles. The average Bonchev–Trinajstić information content (AvgIpc) is 2.48. The predicted molar refractivity (Wildman–Crippen MR) is 80.2 cm³/mol. The van der Waals surface area contributed by atoms with Crippen LogP contribution >= 0.6 is 0 Å². The number of nitrogens with zero attached hydrogens (tertiary/aromatic N) is 1. The fourth-order valence-corrected chi connectivity index (χ4v) is 2.35. The van der Waals surface area contributed by atoms with Gasteiger partial charge in [-0.05, 0) is 25.0 Å². The van der Waals surface area contributed by atoms with Crippen molar-refractivity contribution >= 4 is 16.9 Å². The van der Waals surface area contributed by atoms with Crippen LogP contribution in [0.25, 0.3) is 10.9 Å². The van der Waals surface area contributed by atoms with Crippen LogP contribution in [0.4, 0.5) is 0 Å². The number of aliphatic carboxylic acids is 1. The molecule has 1 aromatic carbocycles. The quantitative estimate of drug-likeness (QED) is 0.751. The average molecular weight is 289 g/mol. The summed E-state index contributed by atoms with van der Waals surface area (Å²) in [5.41, 5.74) is -0.609. The van der Waals surface area contributed by atoms with Crippen LogP contribution in [0.15, 0.2) is 29.1 Å². The molecule has 0 bridgehead atoms. The first-order chi connectivity index (χ1) is 10.0. The van der Waals surface area contributed by atoms with Crippen LogP contribution in [0.1, 0.15) is 32.5 Å². The Kier molecular flexibility index (Phi) is 4.37. The van der Waals surface area contributed by atoms with Gasteiger partial charge >= 0.3 is 5.97 Å². The summed E-state index contributed by atoms with van der Waals surface area (Å²) >= 11 is 0. The van der Waals surface area contributed by atoms with E-state index in [1.165, 1.54) is 0 Å². The van der Waals surface area contributed by atoms with Gasteiger partial charge in [0.25, 0.3) is 5.56 Å². The number of nitrogens with one attached hydrogen (secondary N) is 2. The number of hydrogen-bond donors (Lipinski definition) is 3. The summed E-state index contributed by atoms with van der Waals surface area (Å²) < 4.78 is 0. The topological polar surface area (TPSA) is 95.1 Å². The van der Waals surface area contributed by atoms with Crippen molar-refractivity contribution in [2.45, 2.75) is 38.8 Å². The number of rotatable bonds is 6. The number of para-hydroxylation sites is 1. The highest BCUT2D eigenvalue weighted by Gasteiger charge is 2.34. The molecule has 0 aliphatic carbocycles. The highest BCUT2D eigenvalue weighted by molar-refractivity contribution is 5.79. The molecule has 3 N–H and O–H groups in total. The summed E-state index contributed by atoms with van der Waals surface area (Å²) in [6.07, 6.45) is 0.910. The maximum Gasteiger partial charge on any atom is 0.323 e. The minimum Gasteiger partial charge on any atom is -0.480 e. The minimum absolute atomic E-state index is 0.202. The summed E-state index contributed by atoms with van der Waals surface area (Å²) in [5.74, 6) is -0.457. The molecule has 0 fully saturated rings. The van der Waals surface area contributed by atoms with Crippen molar-refractivity contribution in [2.75, 3.05) is 0 Å². The molecular formula is C15H19N3O3. The van der Waals surface area contributed by atoms with E-state index in [9.17, 15) is 14.7 Å². The number of benzene rings is 1. The van der Waals surface area contributed by atoms with Gasteiger partial charge in [0.2, 0.25) is 0 Å². The van der Waals surface area contributed by atoms with Gasteiger partial charge in [0.05, 0.1) is 17.4 Å². The summed E-state index contributed by atoms with van der Waals surface area (Å²) in [6.45, 7) is 3.84. The Balaban J connectivity index is 2.28. The Bertz CT molecular complexity index is 705. The highest BCUT2D eigenvalue weighted by atomic mass is 16.4. The second-order valence-corrected chi connectivity index (χ2v) is 4.98. The summed E-state index contributed by atoms with van der Waals surface area (Å²) in [6, 6.07) is 7.06. The first-order valence-electron chi connectivity index (χ1n) is 6.98. The molecule has 2 rings (SSSR count). The van der Waals surface area contributed by atoms with Crippen LogP contribution in [0.3, 0.4) is 0 Å². The van der Waals surface area contributed by atoms with Gasteiger partial charge in [0.15, 0.2) is 0 Å². The molecule has 21 heavy (non-hydrogen) atoms. The Morgan fingerprint density at radius 1 is 1.33 bits per heavy atom. The molecule has 0 saturated heterocycles. The molecule has 0 spiro atoms. The van der Waals surface area contributed by atoms with Crippen molar-refractivity contribution in [1.82, 2.24) is 15.3 Å². The maximum atomic E-state index is 12.0. The normalized spacial score (nSPS) is 11.7. The Labute approximate surface area is 122 Å². The van der Waals surface area contributed by atoms with Crippen molar-refractivity contribution in [3.05, 3.63) is 40.4 Å². The number of carboxylic acids is 1. The van der Waals surface area contributed by atoms with Gasteiger partial charge in [0, 0.05) is 0 Å². The maximum absolute atomic E-state index is 12.0. The van der Waals surface area contributed by atoms with Gasteiger partial charge in [-0.1, -0.05) is 26.0 Å². The zero-order chi connectivity index (χ0) is 15.5. The van der Waals surface area contributed by atoms with E-state index in [1.807, 2.05) is 19.9 Å². The molecule has 0 atom stereocenters. The minimum atomic E-state index is -0.996. The molecule has 1 heterocycles. The van der Waals surface area contributed by atoms with E-state index in [0.29, 0.717) is 29.6 Å². The number of fused-ring (bicyclic) bond motifs is 1. The third-order valence-electron chi connectivity index (χ3n) is 3.87. The van der Waals surface area contributed by atoms with E-state index in [2.05, 4.69) is 15.3 Å². The SMILES string of the molecule is CCC(CC)(NCc1nc2ccccc2c(=O)[nH]1)C(=O)O. The first-order valence-corrected chi connectivity index (χ1v) is 6.98. The zero-order valence-corrected chi connectivity index (χ0v) is 12.1. The second-order valence-electron chi connectivity index (χ2n) is 4.98. The van der Waals surface area contributed by atoms with E-state index in [-0.39, 0.29) is 12.1 Å². The number of carboxylic acid groups (broad SMARTS) is 1. The van der Waals surface area contributed by atoms with Crippen molar-refractivity contribution in [3.63, 3.8) is 0 Å². The third kappa shape index (κ3) is 2.95. The van der Waals surface area contributed by atoms with Crippen molar-refractivity contribution in [1.29, 1.82) is 0 Å². The number of H-pyrrole nitrogens is 1. The fraction of sp³-hybridized carbons (Fsp3) is 0.400. The smallest absolute Gasteiger partial charge is 0.323 e. The number of carbonyl (C=O) groups is 1. The van der Waals surface area contributed by atoms with Crippen molar-refractivity contribution in [2.24, 2.45) is 0 Å². The van der Waals surface area contributed by atoms with E-state index < -0.39 is 11.5 Å². The van der Waals surface area contributed by atoms with E-state index in [1.54, 1.807) is 18.2 Å². The van der Waals surface area contributed by atoms with E-state index in [0.717, 1.165) is 0 Å². The van der Waals surface area contributed by atoms with Crippen molar-refractivity contribution < 1.29 is 9.90 Å². The first kappa shape index (κ1) is 15.2. The molecular weight excluding hydrogens is 270 g/mol. The molecule has 6 heteroatoms.